The van der Waals surface area contributed by atoms with E-state index in [0.717, 1.165) is 22.0 Å². The Bertz CT molecular complexity index is 584. The van der Waals surface area contributed by atoms with Crippen molar-refractivity contribution < 1.29 is 14.3 Å². The van der Waals surface area contributed by atoms with Crippen LogP contribution in [-0.4, -0.2) is 16.0 Å². The molecule has 0 unspecified atom stereocenters. The van der Waals surface area contributed by atoms with Gasteiger partial charge in [-0.15, -0.1) is 11.3 Å². The number of hydrogen-bond donors (Lipinski definition) is 2. The maximum atomic E-state index is 12.1. The van der Waals surface area contributed by atoms with Crippen LogP contribution in [0.15, 0.2) is 16.5 Å². The van der Waals surface area contributed by atoms with Crippen LogP contribution < -0.4 is 5.32 Å². The molecule has 1 atom stereocenters. The molecule has 5 nitrogen and oxygen atoms in total. The Hall–Kier alpha value is -1.66. The SMILES string of the molecule is CC[C@@H](NC(=O)c1ccc(CO)o1)c1nc(C)c(C)s1. The van der Waals surface area contributed by atoms with Gasteiger partial charge < -0.3 is 14.8 Å². The highest BCUT2D eigenvalue weighted by Gasteiger charge is 2.20. The molecular weight excluding hydrogens is 276 g/mol. The van der Waals surface area contributed by atoms with Gasteiger partial charge in [0.05, 0.1) is 11.7 Å². The van der Waals surface area contributed by atoms with Crippen LogP contribution in [-0.2, 0) is 6.61 Å². The molecule has 1 amide bonds. The molecule has 2 rings (SSSR count). The van der Waals surface area contributed by atoms with Crippen LogP contribution in [0.25, 0.3) is 0 Å². The number of thiazole rings is 1. The van der Waals surface area contributed by atoms with Crippen molar-refractivity contribution in [3.63, 3.8) is 0 Å². The molecule has 2 heterocycles. The maximum Gasteiger partial charge on any atom is 0.287 e. The quantitative estimate of drug-likeness (QED) is 0.889. The third kappa shape index (κ3) is 3.08. The first-order chi connectivity index (χ1) is 9.55. The summed E-state index contributed by atoms with van der Waals surface area (Å²) in [6.07, 6.45) is 0.756. The van der Waals surface area contributed by atoms with Crippen molar-refractivity contribution in [1.82, 2.24) is 10.3 Å². The molecule has 0 fully saturated rings. The minimum atomic E-state index is -0.290. The Morgan fingerprint density at radius 1 is 1.50 bits per heavy atom. The fraction of sp³-hybridized carbons (Fsp3) is 0.429. The Labute approximate surface area is 121 Å². The number of aliphatic hydroxyl groups is 1. The van der Waals surface area contributed by atoms with Gasteiger partial charge in [0.25, 0.3) is 5.91 Å². The number of aliphatic hydroxyl groups excluding tert-OH is 1. The topological polar surface area (TPSA) is 75.4 Å². The molecule has 0 spiro atoms. The second-order valence-electron chi connectivity index (χ2n) is 4.55. The van der Waals surface area contributed by atoms with E-state index in [-0.39, 0.29) is 24.3 Å². The number of furan rings is 1. The smallest absolute Gasteiger partial charge is 0.287 e. The molecule has 0 aliphatic carbocycles. The van der Waals surface area contributed by atoms with Crippen LogP contribution in [0.4, 0.5) is 0 Å². The molecule has 0 aliphatic heterocycles. The molecule has 2 aromatic rings. The van der Waals surface area contributed by atoms with Crippen LogP contribution in [0.5, 0.6) is 0 Å². The highest BCUT2D eigenvalue weighted by Crippen LogP contribution is 2.25. The molecule has 0 saturated heterocycles. The molecule has 20 heavy (non-hydrogen) atoms. The predicted octanol–water partition coefficient (Wildman–Crippen LogP) is 2.73. The average Bonchev–Trinajstić information content (AvgIpc) is 3.03. The average molecular weight is 294 g/mol. The zero-order valence-corrected chi connectivity index (χ0v) is 12.6. The summed E-state index contributed by atoms with van der Waals surface area (Å²) in [6, 6.07) is 3.03. The monoisotopic (exact) mass is 294 g/mol. The minimum absolute atomic E-state index is 0.123. The van der Waals surface area contributed by atoms with Gasteiger partial charge in [0, 0.05) is 4.88 Å². The van der Waals surface area contributed by atoms with Gasteiger partial charge in [0.2, 0.25) is 0 Å². The Balaban J connectivity index is 2.11. The van der Waals surface area contributed by atoms with E-state index in [1.54, 1.807) is 23.5 Å². The first kappa shape index (κ1) is 14.7. The largest absolute Gasteiger partial charge is 0.453 e. The molecule has 0 bridgehead atoms. The normalized spacial score (nSPS) is 12.4. The second-order valence-corrected chi connectivity index (χ2v) is 5.79. The van der Waals surface area contributed by atoms with Crippen molar-refractivity contribution in [1.29, 1.82) is 0 Å². The van der Waals surface area contributed by atoms with Gasteiger partial charge in [-0.2, -0.15) is 0 Å². The summed E-state index contributed by atoms with van der Waals surface area (Å²) in [5, 5.41) is 12.8. The van der Waals surface area contributed by atoms with Crippen molar-refractivity contribution in [3.05, 3.63) is 39.2 Å². The lowest BCUT2D eigenvalue weighted by Crippen LogP contribution is -2.27. The zero-order valence-electron chi connectivity index (χ0n) is 11.8. The minimum Gasteiger partial charge on any atom is -0.453 e. The van der Waals surface area contributed by atoms with E-state index >= 15 is 0 Å². The second kappa shape index (κ2) is 6.19. The number of carbonyl (C=O) groups excluding carboxylic acids is 1. The first-order valence-electron chi connectivity index (χ1n) is 6.49. The molecule has 108 valence electrons. The van der Waals surface area contributed by atoms with E-state index in [0.29, 0.717) is 5.76 Å². The number of carbonyl (C=O) groups is 1. The number of hydrogen-bond acceptors (Lipinski definition) is 5. The third-order valence-corrected chi connectivity index (χ3v) is 4.28. The van der Waals surface area contributed by atoms with Crippen LogP contribution in [0, 0.1) is 13.8 Å². The number of nitrogens with zero attached hydrogens (tertiary/aromatic N) is 1. The lowest BCUT2D eigenvalue weighted by atomic mass is 10.2. The summed E-state index contributed by atoms with van der Waals surface area (Å²) < 4.78 is 5.23. The standard InChI is InChI=1S/C14H18N2O3S/c1-4-11(14-15-8(2)9(3)20-14)16-13(18)12-6-5-10(7-17)19-12/h5-6,11,17H,4,7H2,1-3H3,(H,16,18)/t11-/m1/s1. The highest BCUT2D eigenvalue weighted by atomic mass is 32.1. The molecule has 0 saturated carbocycles. The number of aromatic nitrogens is 1. The number of amides is 1. The van der Waals surface area contributed by atoms with Crippen molar-refractivity contribution in [2.75, 3.05) is 0 Å². The van der Waals surface area contributed by atoms with Gasteiger partial charge in [0.1, 0.15) is 17.4 Å². The van der Waals surface area contributed by atoms with Gasteiger partial charge in [-0.25, -0.2) is 4.98 Å². The van der Waals surface area contributed by atoms with Crippen molar-refractivity contribution in [2.24, 2.45) is 0 Å². The summed E-state index contributed by atoms with van der Waals surface area (Å²) in [4.78, 5) is 17.7. The molecule has 2 N–H and O–H groups in total. The van der Waals surface area contributed by atoms with E-state index in [1.807, 2.05) is 20.8 Å². The predicted molar refractivity (Wildman–Crippen MR) is 76.7 cm³/mol. The summed E-state index contributed by atoms with van der Waals surface area (Å²) in [6.45, 7) is 5.77. The summed E-state index contributed by atoms with van der Waals surface area (Å²) in [5.74, 6) is 0.295. The van der Waals surface area contributed by atoms with Crippen LogP contribution in [0.1, 0.15) is 51.3 Å². The van der Waals surface area contributed by atoms with E-state index < -0.39 is 0 Å². The fourth-order valence-corrected chi connectivity index (χ4v) is 2.86. The van der Waals surface area contributed by atoms with Gasteiger partial charge in [-0.3, -0.25) is 4.79 Å². The lowest BCUT2D eigenvalue weighted by molar-refractivity contribution is 0.0902. The van der Waals surface area contributed by atoms with Gasteiger partial charge >= 0.3 is 0 Å². The lowest BCUT2D eigenvalue weighted by Gasteiger charge is -2.13. The van der Waals surface area contributed by atoms with E-state index in [2.05, 4.69) is 10.3 Å². The number of aryl methyl sites for hydroxylation is 2. The van der Waals surface area contributed by atoms with Crippen molar-refractivity contribution in [3.8, 4) is 0 Å². The highest BCUT2D eigenvalue weighted by molar-refractivity contribution is 7.11. The van der Waals surface area contributed by atoms with Crippen molar-refractivity contribution >= 4 is 17.2 Å². The summed E-state index contributed by atoms with van der Waals surface area (Å²) in [7, 11) is 0. The molecule has 0 radical (unpaired) electrons. The number of rotatable bonds is 5. The Kier molecular flexibility index (Phi) is 4.57. The Morgan fingerprint density at radius 3 is 2.75 bits per heavy atom. The van der Waals surface area contributed by atoms with Crippen LogP contribution in [0.2, 0.25) is 0 Å². The Morgan fingerprint density at radius 2 is 2.25 bits per heavy atom. The maximum absolute atomic E-state index is 12.1. The molecule has 0 aliphatic rings. The number of nitrogens with one attached hydrogen (secondary N) is 1. The van der Waals surface area contributed by atoms with E-state index in [1.165, 1.54) is 0 Å². The summed E-state index contributed by atoms with van der Waals surface area (Å²) in [5.41, 5.74) is 0.998. The van der Waals surface area contributed by atoms with Gasteiger partial charge in [0.15, 0.2) is 5.76 Å². The fourth-order valence-electron chi connectivity index (χ4n) is 1.80. The molecule has 6 heteroatoms. The molecule has 0 aromatic carbocycles. The third-order valence-electron chi connectivity index (χ3n) is 3.10. The first-order valence-corrected chi connectivity index (χ1v) is 7.31. The van der Waals surface area contributed by atoms with Gasteiger partial charge in [-0.05, 0) is 32.4 Å². The summed E-state index contributed by atoms with van der Waals surface area (Å²) >= 11 is 1.60. The van der Waals surface area contributed by atoms with Crippen LogP contribution >= 0.6 is 11.3 Å². The van der Waals surface area contributed by atoms with E-state index in [4.69, 9.17) is 9.52 Å². The molecule has 2 aromatic heterocycles. The zero-order chi connectivity index (χ0) is 14.7. The van der Waals surface area contributed by atoms with Gasteiger partial charge in [-0.1, -0.05) is 6.92 Å². The van der Waals surface area contributed by atoms with Crippen LogP contribution in [0.3, 0.4) is 0 Å². The molecular formula is C14H18N2O3S. The van der Waals surface area contributed by atoms with Crippen molar-refractivity contribution in [2.45, 2.75) is 39.8 Å². The van der Waals surface area contributed by atoms with E-state index in [9.17, 15) is 4.79 Å².